The molecular formula is C26H29N5O3. The SMILES string of the molecule is CN(CCCN(C)Cc1ccc2nonc2c1)CC(=O)Nc1ccc(Oc2ccccc2)cc1. The third-order valence-corrected chi connectivity index (χ3v) is 5.38. The second kappa shape index (κ2) is 11.4. The number of aromatic nitrogens is 2. The number of amides is 1. The number of rotatable bonds is 11. The normalized spacial score (nSPS) is 11.3. The number of fused-ring (bicyclic) bond motifs is 1. The molecule has 0 bridgehead atoms. The van der Waals surface area contributed by atoms with E-state index in [4.69, 9.17) is 9.37 Å². The zero-order valence-corrected chi connectivity index (χ0v) is 19.5. The van der Waals surface area contributed by atoms with Gasteiger partial charge in [0.15, 0.2) is 0 Å². The Hall–Kier alpha value is -3.75. The van der Waals surface area contributed by atoms with Crippen molar-refractivity contribution in [1.29, 1.82) is 0 Å². The van der Waals surface area contributed by atoms with Gasteiger partial charge in [-0.1, -0.05) is 24.3 Å². The number of ether oxygens (including phenoxy) is 1. The van der Waals surface area contributed by atoms with Crippen molar-refractivity contribution in [2.24, 2.45) is 0 Å². The van der Waals surface area contributed by atoms with Crippen LogP contribution in [-0.4, -0.2) is 59.7 Å². The first-order valence-corrected chi connectivity index (χ1v) is 11.3. The Kier molecular flexibility index (Phi) is 7.85. The molecule has 176 valence electrons. The number of hydrogen-bond donors (Lipinski definition) is 1. The number of nitrogens with zero attached hydrogens (tertiary/aromatic N) is 4. The molecule has 8 nitrogen and oxygen atoms in total. The smallest absolute Gasteiger partial charge is 0.238 e. The summed E-state index contributed by atoms with van der Waals surface area (Å²) >= 11 is 0. The Balaban J connectivity index is 1.15. The van der Waals surface area contributed by atoms with Gasteiger partial charge in [-0.2, -0.15) is 0 Å². The Bertz CT molecular complexity index is 1190. The van der Waals surface area contributed by atoms with E-state index in [1.807, 2.05) is 84.7 Å². The van der Waals surface area contributed by atoms with Crippen LogP contribution in [0.2, 0.25) is 0 Å². The van der Waals surface area contributed by atoms with Gasteiger partial charge in [0, 0.05) is 12.2 Å². The molecule has 0 saturated carbocycles. The predicted octanol–water partition coefficient (Wildman–Crippen LogP) is 4.41. The summed E-state index contributed by atoms with van der Waals surface area (Å²) in [4.78, 5) is 16.7. The highest BCUT2D eigenvalue weighted by atomic mass is 16.6. The van der Waals surface area contributed by atoms with E-state index >= 15 is 0 Å². The molecule has 0 fully saturated rings. The van der Waals surface area contributed by atoms with Crippen molar-refractivity contribution in [2.75, 3.05) is 39.0 Å². The number of likely N-dealkylation sites (N-methyl/N-ethyl adjacent to an activating group) is 1. The van der Waals surface area contributed by atoms with Gasteiger partial charge in [0.2, 0.25) is 5.91 Å². The van der Waals surface area contributed by atoms with Crippen LogP contribution in [0.25, 0.3) is 11.0 Å². The van der Waals surface area contributed by atoms with Crippen molar-refractivity contribution in [1.82, 2.24) is 20.1 Å². The molecule has 34 heavy (non-hydrogen) atoms. The Morgan fingerprint density at radius 3 is 2.38 bits per heavy atom. The van der Waals surface area contributed by atoms with Gasteiger partial charge in [-0.3, -0.25) is 9.69 Å². The summed E-state index contributed by atoms with van der Waals surface area (Å²) in [5.74, 6) is 1.46. The summed E-state index contributed by atoms with van der Waals surface area (Å²) in [7, 11) is 4.05. The van der Waals surface area contributed by atoms with Crippen LogP contribution in [0.3, 0.4) is 0 Å². The van der Waals surface area contributed by atoms with Crippen molar-refractivity contribution in [3.8, 4) is 11.5 Å². The monoisotopic (exact) mass is 459 g/mol. The second-order valence-electron chi connectivity index (χ2n) is 8.40. The van der Waals surface area contributed by atoms with Gasteiger partial charge < -0.3 is 15.0 Å². The topological polar surface area (TPSA) is 83.7 Å². The van der Waals surface area contributed by atoms with Crippen molar-refractivity contribution < 1.29 is 14.2 Å². The zero-order chi connectivity index (χ0) is 23.8. The van der Waals surface area contributed by atoms with Crippen LogP contribution in [0.15, 0.2) is 77.4 Å². The van der Waals surface area contributed by atoms with Crippen molar-refractivity contribution in [2.45, 2.75) is 13.0 Å². The molecule has 0 aliphatic carbocycles. The summed E-state index contributed by atoms with van der Waals surface area (Å²) < 4.78 is 10.5. The number of carbonyl (C=O) groups is 1. The number of hydrogen-bond acceptors (Lipinski definition) is 7. The van der Waals surface area contributed by atoms with Gasteiger partial charge in [0.25, 0.3) is 0 Å². The number of benzene rings is 3. The van der Waals surface area contributed by atoms with E-state index < -0.39 is 0 Å². The lowest BCUT2D eigenvalue weighted by Crippen LogP contribution is -2.32. The van der Waals surface area contributed by atoms with E-state index in [-0.39, 0.29) is 5.91 Å². The maximum atomic E-state index is 12.4. The number of nitrogens with one attached hydrogen (secondary N) is 1. The highest BCUT2D eigenvalue weighted by molar-refractivity contribution is 5.92. The summed E-state index contributed by atoms with van der Waals surface area (Å²) in [6.07, 6.45) is 0.958. The first-order valence-electron chi connectivity index (χ1n) is 11.3. The van der Waals surface area contributed by atoms with E-state index in [1.165, 1.54) is 5.56 Å². The Labute approximate surface area is 199 Å². The molecule has 1 heterocycles. The van der Waals surface area contributed by atoms with Crippen LogP contribution in [0.1, 0.15) is 12.0 Å². The van der Waals surface area contributed by atoms with Crippen LogP contribution in [0.4, 0.5) is 5.69 Å². The van der Waals surface area contributed by atoms with Crippen LogP contribution in [0, 0.1) is 0 Å². The third-order valence-electron chi connectivity index (χ3n) is 5.38. The van der Waals surface area contributed by atoms with Crippen LogP contribution >= 0.6 is 0 Å². The molecule has 0 saturated heterocycles. The summed E-state index contributed by atoms with van der Waals surface area (Å²) in [5, 5.41) is 10.7. The zero-order valence-electron chi connectivity index (χ0n) is 19.5. The fraction of sp³-hybridized carbons (Fsp3) is 0.269. The van der Waals surface area contributed by atoms with Gasteiger partial charge in [-0.15, -0.1) is 0 Å². The molecule has 1 amide bonds. The van der Waals surface area contributed by atoms with Crippen LogP contribution in [0.5, 0.6) is 11.5 Å². The maximum absolute atomic E-state index is 12.4. The van der Waals surface area contributed by atoms with Crippen molar-refractivity contribution in [3.63, 3.8) is 0 Å². The van der Waals surface area contributed by atoms with E-state index in [0.717, 1.165) is 54.3 Å². The van der Waals surface area contributed by atoms with Crippen molar-refractivity contribution >= 4 is 22.6 Å². The molecule has 4 rings (SSSR count). The molecule has 1 N–H and O–H groups in total. The molecule has 8 heteroatoms. The van der Waals surface area contributed by atoms with Gasteiger partial charge in [-0.05, 0) is 98.0 Å². The van der Waals surface area contributed by atoms with Gasteiger partial charge in [-0.25, -0.2) is 4.63 Å². The van der Waals surface area contributed by atoms with E-state index in [9.17, 15) is 4.79 Å². The maximum Gasteiger partial charge on any atom is 0.238 e. The summed E-state index contributed by atoms with van der Waals surface area (Å²) in [5.41, 5.74) is 3.45. The average Bonchev–Trinajstić information content (AvgIpc) is 3.29. The summed E-state index contributed by atoms with van der Waals surface area (Å²) in [6, 6.07) is 22.9. The van der Waals surface area contributed by atoms with Gasteiger partial charge in [0.1, 0.15) is 22.5 Å². The summed E-state index contributed by atoms with van der Waals surface area (Å²) in [6.45, 7) is 2.90. The number of anilines is 1. The van der Waals surface area contributed by atoms with E-state index in [1.54, 1.807) is 0 Å². The molecule has 0 radical (unpaired) electrons. The third kappa shape index (κ3) is 6.87. The predicted molar refractivity (Wildman–Crippen MR) is 132 cm³/mol. The first-order chi connectivity index (χ1) is 16.5. The van der Waals surface area contributed by atoms with Gasteiger partial charge in [0.05, 0.1) is 6.54 Å². The quantitative estimate of drug-likeness (QED) is 0.356. The Morgan fingerprint density at radius 1 is 0.882 bits per heavy atom. The molecule has 0 unspecified atom stereocenters. The average molecular weight is 460 g/mol. The van der Waals surface area contributed by atoms with Crippen LogP contribution < -0.4 is 10.1 Å². The highest BCUT2D eigenvalue weighted by Crippen LogP contribution is 2.22. The fourth-order valence-electron chi connectivity index (χ4n) is 3.68. The van der Waals surface area contributed by atoms with Crippen molar-refractivity contribution in [3.05, 3.63) is 78.4 Å². The lowest BCUT2D eigenvalue weighted by molar-refractivity contribution is -0.117. The molecule has 0 aliphatic heterocycles. The standard InChI is InChI=1S/C26H29N5O3/c1-30(18-20-9-14-24-25(17-20)29-34-28-24)15-6-16-31(2)19-26(32)27-21-10-12-23(13-11-21)33-22-7-4-3-5-8-22/h3-5,7-14,17H,6,15-16,18-19H2,1-2H3,(H,27,32). The van der Waals surface area contributed by atoms with E-state index in [2.05, 4.69) is 27.6 Å². The first kappa shape index (κ1) is 23.4. The molecule has 0 atom stereocenters. The Morgan fingerprint density at radius 2 is 1.59 bits per heavy atom. The number of carbonyl (C=O) groups excluding carboxylic acids is 1. The highest BCUT2D eigenvalue weighted by Gasteiger charge is 2.09. The molecule has 3 aromatic carbocycles. The minimum absolute atomic E-state index is 0.0397. The molecule has 0 aliphatic rings. The lowest BCUT2D eigenvalue weighted by atomic mass is 10.2. The van der Waals surface area contributed by atoms with E-state index in [0.29, 0.717) is 6.54 Å². The molecular weight excluding hydrogens is 430 g/mol. The van der Waals surface area contributed by atoms with Crippen LogP contribution in [-0.2, 0) is 11.3 Å². The second-order valence-corrected chi connectivity index (χ2v) is 8.40. The fourth-order valence-corrected chi connectivity index (χ4v) is 3.68. The minimum Gasteiger partial charge on any atom is -0.457 e. The molecule has 1 aromatic heterocycles. The number of para-hydroxylation sites is 1. The van der Waals surface area contributed by atoms with Gasteiger partial charge >= 0.3 is 0 Å². The molecule has 0 spiro atoms. The lowest BCUT2D eigenvalue weighted by Gasteiger charge is -2.20. The largest absolute Gasteiger partial charge is 0.457 e. The molecule has 4 aromatic rings. The minimum atomic E-state index is -0.0397.